The fraction of sp³-hybridized carbons (Fsp3) is 0.150. The van der Waals surface area contributed by atoms with Crippen LogP contribution in [0.3, 0.4) is 0 Å². The molecule has 0 bridgehead atoms. The van der Waals surface area contributed by atoms with Crippen LogP contribution >= 0.6 is 11.6 Å². The van der Waals surface area contributed by atoms with Gasteiger partial charge in [0, 0.05) is 35.1 Å². The molecule has 0 aliphatic heterocycles. The summed E-state index contributed by atoms with van der Waals surface area (Å²) in [6.07, 6.45) is 0. The van der Waals surface area contributed by atoms with Gasteiger partial charge in [0.25, 0.3) is 0 Å². The monoisotopic (exact) mass is 381 g/mol. The van der Waals surface area contributed by atoms with E-state index in [1.165, 1.54) is 6.92 Å². The van der Waals surface area contributed by atoms with E-state index in [0.29, 0.717) is 22.5 Å². The third-order valence-electron chi connectivity index (χ3n) is 3.76. The topological polar surface area (TPSA) is 78.9 Å². The van der Waals surface area contributed by atoms with Gasteiger partial charge in [0.05, 0.1) is 0 Å². The molecule has 0 aliphatic carbocycles. The number of anilines is 5. The van der Waals surface area contributed by atoms with E-state index in [9.17, 15) is 4.79 Å². The van der Waals surface area contributed by atoms with Gasteiger partial charge in [-0.05, 0) is 55.8 Å². The quantitative estimate of drug-likeness (QED) is 0.566. The average Bonchev–Trinajstić information content (AvgIpc) is 2.59. The molecule has 0 aliphatic rings. The molecule has 3 N–H and O–H groups in total. The maximum Gasteiger partial charge on any atom is 0.221 e. The van der Waals surface area contributed by atoms with E-state index in [4.69, 9.17) is 11.6 Å². The average molecular weight is 382 g/mol. The summed E-state index contributed by atoms with van der Waals surface area (Å²) in [5.74, 6) is 1.86. The second-order valence-electron chi connectivity index (χ2n) is 6.16. The van der Waals surface area contributed by atoms with Gasteiger partial charge < -0.3 is 16.0 Å². The van der Waals surface area contributed by atoms with Crippen molar-refractivity contribution in [2.24, 2.45) is 0 Å². The van der Waals surface area contributed by atoms with E-state index in [1.54, 1.807) is 0 Å². The molecule has 0 atom stereocenters. The summed E-state index contributed by atoms with van der Waals surface area (Å²) in [5, 5.41) is 9.92. The number of hydrogen-bond donors (Lipinski definition) is 3. The Bertz CT molecular complexity index is 973. The van der Waals surface area contributed by atoms with Crippen molar-refractivity contribution >= 4 is 46.2 Å². The van der Waals surface area contributed by atoms with Crippen molar-refractivity contribution in [2.75, 3.05) is 16.0 Å². The van der Waals surface area contributed by atoms with Crippen LogP contribution in [-0.2, 0) is 4.79 Å². The molecule has 1 amide bonds. The zero-order chi connectivity index (χ0) is 19.4. The lowest BCUT2D eigenvalue weighted by Gasteiger charge is -2.11. The number of aromatic nitrogens is 2. The highest BCUT2D eigenvalue weighted by Crippen LogP contribution is 2.24. The van der Waals surface area contributed by atoms with E-state index in [2.05, 4.69) is 25.9 Å². The minimum Gasteiger partial charge on any atom is -0.340 e. The van der Waals surface area contributed by atoms with E-state index >= 15 is 0 Å². The Labute approximate surface area is 163 Å². The molecule has 0 radical (unpaired) electrons. The third-order valence-corrected chi connectivity index (χ3v) is 4.17. The van der Waals surface area contributed by atoms with Crippen LogP contribution in [0.25, 0.3) is 0 Å². The summed E-state index contributed by atoms with van der Waals surface area (Å²) in [6, 6.07) is 15.0. The molecule has 3 rings (SSSR count). The molecular weight excluding hydrogens is 362 g/mol. The van der Waals surface area contributed by atoms with Gasteiger partial charge in [0.15, 0.2) is 0 Å². The summed E-state index contributed by atoms with van der Waals surface area (Å²) in [6.45, 7) is 5.27. The largest absolute Gasteiger partial charge is 0.340 e. The number of carbonyl (C=O) groups is 1. The van der Waals surface area contributed by atoms with Gasteiger partial charge in [-0.3, -0.25) is 4.79 Å². The fourth-order valence-electron chi connectivity index (χ4n) is 2.50. The molecule has 0 spiro atoms. The van der Waals surface area contributed by atoms with Crippen LogP contribution in [0, 0.1) is 13.8 Å². The van der Waals surface area contributed by atoms with Crippen LogP contribution in [0.2, 0.25) is 5.02 Å². The standard InChI is InChI=1S/C20H20ClN5O/c1-12-4-5-17(10-18(12)21)26-20-11-19(22-13(2)23-20)25-16-8-6-15(7-9-16)24-14(3)27/h4-11H,1-3H3,(H,24,27)(H2,22,23,25,26). The van der Waals surface area contributed by atoms with Crippen molar-refractivity contribution in [1.82, 2.24) is 9.97 Å². The Hall–Kier alpha value is -3.12. The van der Waals surface area contributed by atoms with Gasteiger partial charge in [0.1, 0.15) is 17.5 Å². The van der Waals surface area contributed by atoms with Crippen molar-refractivity contribution in [3.8, 4) is 0 Å². The fourth-order valence-corrected chi connectivity index (χ4v) is 2.68. The number of halogens is 1. The molecule has 1 heterocycles. The maximum atomic E-state index is 11.1. The number of amides is 1. The van der Waals surface area contributed by atoms with Crippen LogP contribution in [0.5, 0.6) is 0 Å². The van der Waals surface area contributed by atoms with Gasteiger partial charge in [-0.2, -0.15) is 0 Å². The Morgan fingerprint density at radius 3 is 2.00 bits per heavy atom. The molecule has 0 unspecified atom stereocenters. The molecule has 6 nitrogen and oxygen atoms in total. The highest BCUT2D eigenvalue weighted by Gasteiger charge is 2.05. The first kappa shape index (κ1) is 18.7. The second kappa shape index (κ2) is 8.05. The van der Waals surface area contributed by atoms with Gasteiger partial charge >= 0.3 is 0 Å². The molecule has 2 aromatic carbocycles. The number of hydrogen-bond acceptors (Lipinski definition) is 5. The Morgan fingerprint density at radius 2 is 1.41 bits per heavy atom. The molecule has 3 aromatic rings. The lowest BCUT2D eigenvalue weighted by Crippen LogP contribution is -2.05. The van der Waals surface area contributed by atoms with Crippen LogP contribution in [0.15, 0.2) is 48.5 Å². The Kier molecular flexibility index (Phi) is 5.57. The number of aryl methyl sites for hydroxylation is 2. The van der Waals surface area contributed by atoms with Crippen LogP contribution in [0.4, 0.5) is 28.7 Å². The first-order chi connectivity index (χ1) is 12.9. The first-order valence-corrected chi connectivity index (χ1v) is 8.80. The third kappa shape index (κ3) is 5.18. The molecule has 138 valence electrons. The minimum atomic E-state index is -0.103. The molecular formula is C20H20ClN5O. The molecule has 0 fully saturated rings. The van der Waals surface area contributed by atoms with Crippen molar-refractivity contribution in [2.45, 2.75) is 20.8 Å². The van der Waals surface area contributed by atoms with Crippen LogP contribution in [-0.4, -0.2) is 15.9 Å². The van der Waals surface area contributed by atoms with E-state index in [1.807, 2.05) is 62.4 Å². The lowest BCUT2D eigenvalue weighted by molar-refractivity contribution is -0.114. The molecule has 0 saturated heterocycles. The summed E-state index contributed by atoms with van der Waals surface area (Å²) in [5.41, 5.74) is 3.47. The minimum absolute atomic E-state index is 0.103. The van der Waals surface area contributed by atoms with Crippen molar-refractivity contribution < 1.29 is 4.79 Å². The van der Waals surface area contributed by atoms with Gasteiger partial charge in [-0.15, -0.1) is 0 Å². The predicted molar refractivity (Wildman–Crippen MR) is 110 cm³/mol. The van der Waals surface area contributed by atoms with E-state index in [-0.39, 0.29) is 5.91 Å². The van der Waals surface area contributed by atoms with Crippen molar-refractivity contribution in [3.63, 3.8) is 0 Å². The molecule has 1 aromatic heterocycles. The zero-order valence-corrected chi connectivity index (χ0v) is 16.1. The second-order valence-corrected chi connectivity index (χ2v) is 6.57. The van der Waals surface area contributed by atoms with Gasteiger partial charge in [-0.1, -0.05) is 17.7 Å². The highest BCUT2D eigenvalue weighted by molar-refractivity contribution is 6.31. The highest BCUT2D eigenvalue weighted by atomic mass is 35.5. The summed E-state index contributed by atoms with van der Waals surface area (Å²) in [4.78, 5) is 19.9. The van der Waals surface area contributed by atoms with E-state index < -0.39 is 0 Å². The normalized spacial score (nSPS) is 10.4. The number of rotatable bonds is 5. The number of nitrogens with one attached hydrogen (secondary N) is 3. The molecule has 0 saturated carbocycles. The van der Waals surface area contributed by atoms with E-state index in [0.717, 1.165) is 22.6 Å². The number of benzene rings is 2. The summed E-state index contributed by atoms with van der Waals surface area (Å²) in [7, 11) is 0. The SMILES string of the molecule is CC(=O)Nc1ccc(Nc2cc(Nc3ccc(C)c(Cl)c3)nc(C)n2)cc1. The Morgan fingerprint density at radius 1 is 0.852 bits per heavy atom. The van der Waals surface area contributed by atoms with Crippen molar-refractivity contribution in [1.29, 1.82) is 0 Å². The Balaban J connectivity index is 1.76. The van der Waals surface area contributed by atoms with Crippen molar-refractivity contribution in [3.05, 3.63) is 64.9 Å². The number of carbonyl (C=O) groups excluding carboxylic acids is 1. The van der Waals surface area contributed by atoms with Crippen LogP contribution < -0.4 is 16.0 Å². The van der Waals surface area contributed by atoms with Gasteiger partial charge in [0.2, 0.25) is 5.91 Å². The summed E-state index contributed by atoms with van der Waals surface area (Å²) < 4.78 is 0. The van der Waals surface area contributed by atoms with Gasteiger partial charge in [-0.25, -0.2) is 9.97 Å². The maximum absolute atomic E-state index is 11.1. The zero-order valence-electron chi connectivity index (χ0n) is 15.3. The molecule has 7 heteroatoms. The van der Waals surface area contributed by atoms with Crippen LogP contribution in [0.1, 0.15) is 18.3 Å². The predicted octanol–water partition coefficient (Wildman–Crippen LogP) is 5.19. The number of nitrogens with zero attached hydrogens (tertiary/aromatic N) is 2. The summed E-state index contributed by atoms with van der Waals surface area (Å²) >= 11 is 6.18. The smallest absolute Gasteiger partial charge is 0.221 e. The lowest BCUT2D eigenvalue weighted by atomic mass is 10.2. The molecule has 27 heavy (non-hydrogen) atoms. The first-order valence-electron chi connectivity index (χ1n) is 8.42.